The van der Waals surface area contributed by atoms with Crippen molar-refractivity contribution in [2.45, 2.75) is 33.2 Å². The van der Waals surface area contributed by atoms with Crippen LogP contribution in [0, 0.1) is 6.92 Å². The number of carbonyl (C=O) groups is 1. The van der Waals surface area contributed by atoms with Gasteiger partial charge in [-0.15, -0.1) is 0 Å². The molecule has 0 saturated heterocycles. The molecule has 1 aliphatic heterocycles. The Morgan fingerprint density at radius 2 is 2.15 bits per heavy atom. The number of amides is 1. The first kappa shape index (κ1) is 17.3. The summed E-state index contributed by atoms with van der Waals surface area (Å²) in [6.45, 7) is 5.17. The summed E-state index contributed by atoms with van der Waals surface area (Å²) in [6.07, 6.45) is 4.14. The van der Waals surface area contributed by atoms with Gasteiger partial charge in [0.05, 0.1) is 23.2 Å². The van der Waals surface area contributed by atoms with Gasteiger partial charge in [-0.25, -0.2) is 9.97 Å². The Morgan fingerprint density at radius 3 is 2.96 bits per heavy atom. The Bertz CT molecular complexity index is 1010. The molecule has 0 radical (unpaired) electrons. The molecular formula is C20H23N5O2. The topological polar surface area (TPSA) is 72.3 Å². The number of pyridine rings is 1. The predicted molar refractivity (Wildman–Crippen MR) is 106 cm³/mol. The van der Waals surface area contributed by atoms with E-state index in [9.17, 15) is 4.79 Å². The lowest BCUT2D eigenvalue weighted by molar-refractivity contribution is -0.120. The molecule has 1 aromatic carbocycles. The van der Waals surface area contributed by atoms with Crippen LogP contribution in [0.3, 0.4) is 0 Å². The number of hydrogen-bond donors (Lipinski definition) is 1. The van der Waals surface area contributed by atoms with Gasteiger partial charge in [-0.3, -0.25) is 4.79 Å². The minimum atomic E-state index is -0.0497. The van der Waals surface area contributed by atoms with Crippen molar-refractivity contribution in [1.29, 1.82) is 0 Å². The van der Waals surface area contributed by atoms with Gasteiger partial charge in [0.1, 0.15) is 17.1 Å². The number of ether oxygens (including phenoxy) is 1. The van der Waals surface area contributed by atoms with Crippen LogP contribution in [-0.4, -0.2) is 34.1 Å². The third-order valence-electron chi connectivity index (χ3n) is 4.85. The first-order valence-electron chi connectivity index (χ1n) is 9.19. The molecule has 2 aromatic heterocycles. The van der Waals surface area contributed by atoms with Crippen LogP contribution in [0.15, 0.2) is 30.6 Å². The number of carbonyl (C=O) groups excluding carboxylic acids is 1. The maximum absolute atomic E-state index is 11.7. The number of benzene rings is 1. The van der Waals surface area contributed by atoms with Crippen molar-refractivity contribution in [1.82, 2.24) is 14.5 Å². The fourth-order valence-electron chi connectivity index (χ4n) is 3.29. The van der Waals surface area contributed by atoms with Crippen LogP contribution >= 0.6 is 0 Å². The maximum atomic E-state index is 11.7. The lowest BCUT2D eigenvalue weighted by atomic mass is 10.2. The highest BCUT2D eigenvalue weighted by Gasteiger charge is 2.22. The van der Waals surface area contributed by atoms with E-state index in [0.717, 1.165) is 53.3 Å². The Labute approximate surface area is 158 Å². The summed E-state index contributed by atoms with van der Waals surface area (Å²) in [6, 6.07) is 7.73. The average Bonchev–Trinajstić information content (AvgIpc) is 3.06. The van der Waals surface area contributed by atoms with Gasteiger partial charge in [0.25, 0.3) is 5.91 Å². The number of nitrogens with one attached hydrogen (secondary N) is 1. The number of imidazole rings is 1. The number of likely N-dealkylation sites (N-methyl/N-ethyl adjacent to an activating group) is 1. The summed E-state index contributed by atoms with van der Waals surface area (Å²) >= 11 is 0. The van der Waals surface area contributed by atoms with E-state index >= 15 is 0 Å². The summed E-state index contributed by atoms with van der Waals surface area (Å²) in [5, 5.41) is 3.35. The highest BCUT2D eigenvalue weighted by Crippen LogP contribution is 2.34. The van der Waals surface area contributed by atoms with Gasteiger partial charge >= 0.3 is 0 Å². The Hall–Kier alpha value is -3.09. The first-order chi connectivity index (χ1) is 13.1. The molecular weight excluding hydrogens is 342 g/mol. The third kappa shape index (κ3) is 3.20. The summed E-state index contributed by atoms with van der Waals surface area (Å²) in [5.41, 5.74) is 4.55. The van der Waals surface area contributed by atoms with Crippen LogP contribution in [0.2, 0.25) is 0 Å². The van der Waals surface area contributed by atoms with Crippen molar-refractivity contribution in [2.75, 3.05) is 23.9 Å². The van der Waals surface area contributed by atoms with E-state index < -0.39 is 0 Å². The fourth-order valence-corrected chi connectivity index (χ4v) is 3.29. The molecule has 1 N–H and O–H groups in total. The lowest BCUT2D eigenvalue weighted by Gasteiger charge is -2.26. The summed E-state index contributed by atoms with van der Waals surface area (Å²) < 4.78 is 7.74. The molecule has 3 heterocycles. The second-order valence-electron chi connectivity index (χ2n) is 6.80. The van der Waals surface area contributed by atoms with E-state index in [1.54, 1.807) is 11.9 Å². The van der Waals surface area contributed by atoms with E-state index in [4.69, 9.17) is 4.74 Å². The van der Waals surface area contributed by atoms with Crippen molar-refractivity contribution in [3.63, 3.8) is 0 Å². The van der Waals surface area contributed by atoms with E-state index in [1.807, 2.05) is 37.5 Å². The summed E-state index contributed by atoms with van der Waals surface area (Å²) in [5.74, 6) is 1.40. The van der Waals surface area contributed by atoms with E-state index in [1.165, 1.54) is 0 Å². The number of rotatable bonds is 5. The zero-order chi connectivity index (χ0) is 19.0. The van der Waals surface area contributed by atoms with Gasteiger partial charge in [0, 0.05) is 31.4 Å². The smallest absolute Gasteiger partial charge is 0.264 e. The molecule has 27 heavy (non-hydrogen) atoms. The molecule has 0 aliphatic carbocycles. The Kier molecular flexibility index (Phi) is 4.43. The molecule has 1 amide bonds. The van der Waals surface area contributed by atoms with Gasteiger partial charge in [0.15, 0.2) is 6.61 Å². The molecule has 7 heteroatoms. The highest BCUT2D eigenvalue weighted by atomic mass is 16.5. The second-order valence-corrected chi connectivity index (χ2v) is 6.80. The van der Waals surface area contributed by atoms with Crippen LogP contribution in [0.5, 0.6) is 5.75 Å². The predicted octanol–water partition coefficient (Wildman–Crippen LogP) is 3.64. The van der Waals surface area contributed by atoms with Crippen molar-refractivity contribution in [3.05, 3.63) is 36.3 Å². The fraction of sp³-hybridized carbons (Fsp3) is 0.350. The summed E-state index contributed by atoms with van der Waals surface area (Å²) in [7, 11) is 1.76. The van der Waals surface area contributed by atoms with Gasteiger partial charge in [0.2, 0.25) is 0 Å². The standard InChI is InChI=1S/C20H23N5O2/c1-4-5-8-25-12-21-20-13(2)22-18(10-16(20)25)23-14-6-7-15-17(9-14)27-11-19(26)24(15)3/h6-7,9-10,12H,4-5,8,11H2,1-3H3,(H,22,23). The molecule has 7 nitrogen and oxygen atoms in total. The first-order valence-corrected chi connectivity index (χ1v) is 9.19. The zero-order valence-electron chi connectivity index (χ0n) is 15.8. The number of unbranched alkanes of at least 4 members (excludes halogenated alkanes) is 1. The van der Waals surface area contributed by atoms with Gasteiger partial charge in [-0.1, -0.05) is 13.3 Å². The Morgan fingerprint density at radius 1 is 1.30 bits per heavy atom. The molecule has 0 unspecified atom stereocenters. The molecule has 0 spiro atoms. The van der Waals surface area contributed by atoms with Crippen molar-refractivity contribution in [3.8, 4) is 5.75 Å². The van der Waals surface area contributed by atoms with Crippen molar-refractivity contribution < 1.29 is 9.53 Å². The van der Waals surface area contributed by atoms with Gasteiger partial charge in [-0.05, 0) is 25.5 Å². The van der Waals surface area contributed by atoms with Crippen LogP contribution in [0.4, 0.5) is 17.2 Å². The van der Waals surface area contributed by atoms with Gasteiger partial charge in [-0.2, -0.15) is 0 Å². The molecule has 4 rings (SSSR count). The van der Waals surface area contributed by atoms with E-state index in [2.05, 4.69) is 26.8 Å². The van der Waals surface area contributed by atoms with Crippen LogP contribution in [0.1, 0.15) is 25.5 Å². The molecule has 0 bridgehead atoms. The van der Waals surface area contributed by atoms with E-state index in [-0.39, 0.29) is 12.5 Å². The highest BCUT2D eigenvalue weighted by molar-refractivity contribution is 5.97. The molecule has 0 atom stereocenters. The van der Waals surface area contributed by atoms with Crippen LogP contribution < -0.4 is 15.0 Å². The molecule has 140 valence electrons. The quantitative estimate of drug-likeness (QED) is 0.747. The number of aromatic nitrogens is 3. The molecule has 0 saturated carbocycles. The van der Waals surface area contributed by atoms with Crippen molar-refractivity contribution in [2.24, 2.45) is 0 Å². The number of fused-ring (bicyclic) bond motifs is 2. The van der Waals surface area contributed by atoms with Crippen molar-refractivity contribution >= 4 is 34.1 Å². The van der Waals surface area contributed by atoms with Gasteiger partial charge < -0.3 is 19.5 Å². The lowest BCUT2D eigenvalue weighted by Crippen LogP contribution is -2.35. The number of nitrogens with zero attached hydrogens (tertiary/aromatic N) is 4. The van der Waals surface area contributed by atoms with Crippen LogP contribution in [0.25, 0.3) is 11.0 Å². The largest absolute Gasteiger partial charge is 0.481 e. The second kappa shape index (κ2) is 6.90. The number of hydrogen-bond acceptors (Lipinski definition) is 5. The third-order valence-corrected chi connectivity index (χ3v) is 4.85. The molecule has 0 fully saturated rings. The number of aryl methyl sites for hydroxylation is 2. The molecule has 1 aliphatic rings. The number of anilines is 3. The maximum Gasteiger partial charge on any atom is 0.264 e. The molecule has 3 aromatic rings. The monoisotopic (exact) mass is 365 g/mol. The SMILES string of the molecule is CCCCn1cnc2c(C)nc(Nc3ccc4c(c3)OCC(=O)N4C)cc21. The van der Waals surface area contributed by atoms with E-state index in [0.29, 0.717) is 5.75 Å². The normalized spacial score (nSPS) is 13.6. The average molecular weight is 365 g/mol. The minimum Gasteiger partial charge on any atom is -0.481 e. The Balaban J connectivity index is 1.64. The zero-order valence-corrected chi connectivity index (χ0v) is 15.8. The minimum absolute atomic E-state index is 0.0497. The summed E-state index contributed by atoms with van der Waals surface area (Å²) in [4.78, 5) is 22.5. The van der Waals surface area contributed by atoms with Crippen LogP contribution in [-0.2, 0) is 11.3 Å².